The second-order valence-electron chi connectivity index (χ2n) is 7.30. The van der Waals surface area contributed by atoms with Gasteiger partial charge in [0.25, 0.3) is 5.56 Å². The first kappa shape index (κ1) is 22.0. The van der Waals surface area contributed by atoms with Crippen molar-refractivity contribution < 1.29 is 13.2 Å². The third-order valence-corrected chi connectivity index (χ3v) is 6.11. The van der Waals surface area contributed by atoms with Crippen LogP contribution in [0.3, 0.4) is 0 Å². The number of fused-ring (bicyclic) bond motifs is 1. The maximum absolute atomic E-state index is 12.8. The molecule has 2 N–H and O–H groups in total. The minimum atomic E-state index is -3.73. The number of benzene rings is 1. The zero-order valence-corrected chi connectivity index (χ0v) is 18.6. The summed E-state index contributed by atoms with van der Waals surface area (Å²) >= 11 is 0. The van der Waals surface area contributed by atoms with E-state index >= 15 is 0 Å². The van der Waals surface area contributed by atoms with Crippen molar-refractivity contribution in [1.29, 1.82) is 0 Å². The Morgan fingerprint density at radius 3 is 2.63 bits per heavy atom. The molecule has 3 rings (SSSR count). The van der Waals surface area contributed by atoms with E-state index < -0.39 is 10.0 Å². The van der Waals surface area contributed by atoms with E-state index in [9.17, 15) is 13.2 Å². The molecule has 0 saturated heterocycles. The van der Waals surface area contributed by atoms with Crippen LogP contribution in [0.2, 0.25) is 0 Å². The number of nitrogens with one attached hydrogen (secondary N) is 2. The fraction of sp³-hybridized carbons (Fsp3) is 0.450. The first-order valence-corrected chi connectivity index (χ1v) is 11.4. The highest BCUT2D eigenvalue weighted by Crippen LogP contribution is 2.31. The Hall–Kier alpha value is -2.72. The van der Waals surface area contributed by atoms with E-state index in [1.54, 1.807) is 27.0 Å². The number of aromatic nitrogens is 4. The molecule has 0 radical (unpaired) electrons. The minimum Gasteiger partial charge on any atom is -0.493 e. The summed E-state index contributed by atoms with van der Waals surface area (Å²) in [7, 11) is -2.03. The van der Waals surface area contributed by atoms with Crippen LogP contribution in [0.5, 0.6) is 5.75 Å². The number of aromatic amines is 1. The molecule has 3 aromatic rings. The van der Waals surface area contributed by atoms with Gasteiger partial charge in [0.1, 0.15) is 17.1 Å². The van der Waals surface area contributed by atoms with Crippen molar-refractivity contribution in [3.05, 3.63) is 34.2 Å². The molecule has 162 valence electrons. The SMILES string of the molecule is CCCc1nn(C)c2c(=O)[nH]c(-c3cc(S(=O)(=O)NC(C)C)ccc3OCC)nc12. The average molecular weight is 434 g/mol. The lowest BCUT2D eigenvalue weighted by Gasteiger charge is -2.14. The molecule has 0 amide bonds. The Labute approximate surface area is 175 Å². The van der Waals surface area contributed by atoms with Crippen LogP contribution in [0.4, 0.5) is 0 Å². The fourth-order valence-electron chi connectivity index (χ4n) is 3.30. The summed E-state index contributed by atoms with van der Waals surface area (Å²) in [4.78, 5) is 20.2. The zero-order chi connectivity index (χ0) is 22.1. The van der Waals surface area contributed by atoms with Crippen molar-refractivity contribution in [3.63, 3.8) is 0 Å². The molecule has 30 heavy (non-hydrogen) atoms. The van der Waals surface area contributed by atoms with Gasteiger partial charge in [-0.3, -0.25) is 9.48 Å². The van der Waals surface area contributed by atoms with Gasteiger partial charge in [0.15, 0.2) is 5.52 Å². The molecule has 0 saturated carbocycles. The number of H-pyrrole nitrogens is 1. The second kappa shape index (κ2) is 8.57. The van der Waals surface area contributed by atoms with Crippen molar-refractivity contribution in [1.82, 2.24) is 24.5 Å². The summed E-state index contributed by atoms with van der Waals surface area (Å²) in [6, 6.07) is 4.26. The van der Waals surface area contributed by atoms with Crippen molar-refractivity contribution >= 4 is 21.1 Å². The van der Waals surface area contributed by atoms with Crippen molar-refractivity contribution in [2.45, 2.75) is 51.5 Å². The maximum Gasteiger partial charge on any atom is 0.277 e. The Morgan fingerprint density at radius 2 is 2.00 bits per heavy atom. The van der Waals surface area contributed by atoms with Gasteiger partial charge in [-0.15, -0.1) is 0 Å². The quantitative estimate of drug-likeness (QED) is 0.563. The number of ether oxygens (including phenoxy) is 1. The molecular formula is C20H27N5O4S. The number of sulfonamides is 1. The molecule has 0 atom stereocenters. The van der Waals surface area contributed by atoms with Crippen LogP contribution in [0, 0.1) is 0 Å². The van der Waals surface area contributed by atoms with Crippen molar-refractivity contribution in [3.8, 4) is 17.1 Å². The molecular weight excluding hydrogens is 406 g/mol. The molecule has 2 heterocycles. The van der Waals surface area contributed by atoms with Crippen molar-refractivity contribution in [2.24, 2.45) is 7.05 Å². The van der Waals surface area contributed by atoms with Crippen LogP contribution in [-0.4, -0.2) is 40.8 Å². The molecule has 10 heteroatoms. The van der Waals surface area contributed by atoms with E-state index in [-0.39, 0.29) is 22.3 Å². The summed E-state index contributed by atoms with van der Waals surface area (Å²) in [6.07, 6.45) is 1.53. The highest BCUT2D eigenvalue weighted by molar-refractivity contribution is 7.89. The lowest BCUT2D eigenvalue weighted by Crippen LogP contribution is -2.30. The molecule has 0 aliphatic carbocycles. The van der Waals surface area contributed by atoms with Gasteiger partial charge in [0, 0.05) is 13.1 Å². The van der Waals surface area contributed by atoms with E-state index in [2.05, 4.69) is 19.8 Å². The van der Waals surface area contributed by atoms with Crippen LogP contribution < -0.4 is 15.0 Å². The Bertz CT molecular complexity index is 1230. The molecule has 0 aliphatic heterocycles. The predicted octanol–water partition coefficient (Wildman–Crippen LogP) is 2.36. The van der Waals surface area contributed by atoms with Crippen LogP contribution in [0.1, 0.15) is 39.8 Å². The third-order valence-electron chi connectivity index (χ3n) is 4.46. The van der Waals surface area contributed by atoms with Crippen molar-refractivity contribution in [2.75, 3.05) is 6.61 Å². The van der Waals surface area contributed by atoms with E-state index in [0.717, 1.165) is 12.1 Å². The molecule has 0 bridgehead atoms. The topological polar surface area (TPSA) is 119 Å². The first-order valence-electron chi connectivity index (χ1n) is 9.93. The lowest BCUT2D eigenvalue weighted by molar-refractivity contribution is 0.341. The first-order chi connectivity index (χ1) is 14.2. The monoisotopic (exact) mass is 433 g/mol. The summed E-state index contributed by atoms with van der Waals surface area (Å²) in [5, 5.41) is 4.42. The van der Waals surface area contributed by atoms with Gasteiger partial charge in [-0.2, -0.15) is 5.10 Å². The van der Waals surface area contributed by atoms with E-state index in [4.69, 9.17) is 4.74 Å². The highest BCUT2D eigenvalue weighted by Gasteiger charge is 2.21. The summed E-state index contributed by atoms with van der Waals surface area (Å²) in [6.45, 7) is 7.73. The average Bonchev–Trinajstić information content (AvgIpc) is 2.97. The maximum atomic E-state index is 12.8. The second-order valence-corrected chi connectivity index (χ2v) is 9.01. The fourth-order valence-corrected chi connectivity index (χ4v) is 4.58. The van der Waals surface area contributed by atoms with Gasteiger partial charge in [0.2, 0.25) is 10.0 Å². The largest absolute Gasteiger partial charge is 0.493 e. The lowest BCUT2D eigenvalue weighted by atomic mass is 10.1. The van der Waals surface area contributed by atoms with E-state index in [1.165, 1.54) is 16.8 Å². The normalized spacial score (nSPS) is 12.1. The Morgan fingerprint density at radius 1 is 1.27 bits per heavy atom. The molecule has 9 nitrogen and oxygen atoms in total. The summed E-state index contributed by atoms with van der Waals surface area (Å²) in [5.41, 5.74) is 1.67. The van der Waals surface area contributed by atoms with Crippen LogP contribution >= 0.6 is 0 Å². The van der Waals surface area contributed by atoms with Crippen LogP contribution in [0.15, 0.2) is 27.9 Å². The molecule has 0 fully saturated rings. The summed E-state index contributed by atoms with van der Waals surface area (Å²) < 4.78 is 35.1. The van der Waals surface area contributed by atoms with Gasteiger partial charge in [-0.1, -0.05) is 13.3 Å². The molecule has 0 spiro atoms. The van der Waals surface area contributed by atoms with Gasteiger partial charge in [0.05, 0.1) is 22.8 Å². The highest BCUT2D eigenvalue weighted by atomic mass is 32.2. The van der Waals surface area contributed by atoms with Gasteiger partial charge in [-0.25, -0.2) is 18.1 Å². The number of hydrogen-bond acceptors (Lipinski definition) is 6. The molecule has 0 aliphatic rings. The number of nitrogens with zero attached hydrogens (tertiary/aromatic N) is 3. The van der Waals surface area contributed by atoms with Gasteiger partial charge < -0.3 is 9.72 Å². The Kier molecular flexibility index (Phi) is 6.27. The number of aryl methyl sites for hydroxylation is 2. The van der Waals surface area contributed by atoms with Gasteiger partial charge >= 0.3 is 0 Å². The zero-order valence-electron chi connectivity index (χ0n) is 17.8. The smallest absolute Gasteiger partial charge is 0.277 e. The van der Waals surface area contributed by atoms with Crippen LogP contribution in [-0.2, 0) is 23.5 Å². The standard InChI is InChI=1S/C20H27N5O4S/c1-6-8-15-17-18(25(5)23-15)20(26)22-19(21-17)14-11-13(9-10-16(14)29-7-2)30(27,28)24-12(3)4/h9-12,24H,6-8H2,1-5H3,(H,21,22,26). The van der Waals surface area contributed by atoms with E-state index in [0.29, 0.717) is 35.4 Å². The number of rotatable bonds is 8. The summed E-state index contributed by atoms with van der Waals surface area (Å²) in [5.74, 6) is 0.673. The van der Waals surface area contributed by atoms with Gasteiger partial charge in [-0.05, 0) is 45.4 Å². The molecule has 0 unspecified atom stereocenters. The molecule has 2 aromatic heterocycles. The van der Waals surface area contributed by atoms with Crippen LogP contribution in [0.25, 0.3) is 22.4 Å². The Balaban J connectivity index is 2.25. The minimum absolute atomic E-state index is 0.0670. The molecule has 1 aromatic carbocycles. The third kappa shape index (κ3) is 4.24. The number of hydrogen-bond donors (Lipinski definition) is 2. The predicted molar refractivity (Wildman–Crippen MR) is 115 cm³/mol. The van der Waals surface area contributed by atoms with E-state index in [1.807, 2.05) is 13.8 Å².